The van der Waals surface area contributed by atoms with Crippen molar-refractivity contribution in [2.24, 2.45) is 0 Å². The lowest BCUT2D eigenvalue weighted by atomic mass is 9.86. The lowest BCUT2D eigenvalue weighted by molar-refractivity contribution is 0.130. The Labute approximate surface area is 222 Å². The Morgan fingerprint density at radius 2 is 1.89 bits per heavy atom. The molecule has 0 aliphatic carbocycles. The average Bonchev–Trinajstić information content (AvgIpc) is 3.16. The van der Waals surface area contributed by atoms with E-state index in [0.717, 1.165) is 15.6 Å². The van der Waals surface area contributed by atoms with E-state index < -0.39 is 33.2 Å². The van der Waals surface area contributed by atoms with E-state index in [1.165, 1.54) is 22.3 Å². The predicted molar refractivity (Wildman–Crippen MR) is 143 cm³/mol. The van der Waals surface area contributed by atoms with Gasteiger partial charge in [-0.05, 0) is 58.7 Å². The van der Waals surface area contributed by atoms with Gasteiger partial charge in [-0.1, -0.05) is 19.9 Å². The second-order valence-electron chi connectivity index (χ2n) is 11.2. The highest BCUT2D eigenvalue weighted by Gasteiger charge is 2.33. The molecule has 1 aliphatic rings. The molecule has 0 radical (unpaired) electrons. The van der Waals surface area contributed by atoms with Crippen molar-refractivity contribution < 1.29 is 27.9 Å². The van der Waals surface area contributed by atoms with Crippen molar-refractivity contribution in [3.63, 3.8) is 0 Å². The van der Waals surface area contributed by atoms with Crippen LogP contribution in [0.4, 0.5) is 15.3 Å². The second-order valence-corrected chi connectivity index (χ2v) is 13.9. The zero-order chi connectivity index (χ0) is 27.8. The van der Waals surface area contributed by atoms with E-state index in [4.69, 9.17) is 9.72 Å². The third kappa shape index (κ3) is 7.42. The van der Waals surface area contributed by atoms with Crippen LogP contribution in [0.5, 0.6) is 0 Å². The summed E-state index contributed by atoms with van der Waals surface area (Å²) in [6.45, 7) is 13.4. The standard InChI is InChI=1S/C25H36N4O6S2/c1-15(2)35-22(30)26-17-9-8-16(20(12-17)37(33,34)28-24(3,4)5)13-25(6,7)21-27-18-10-11-29(23(31)32)14-19(18)36-21/h8-9,12,15,28H,10-11,13-14H2,1-7H3,(H,26,30)(H,31,32). The number of hydrogen-bond donors (Lipinski definition) is 3. The van der Waals surface area contributed by atoms with Gasteiger partial charge >= 0.3 is 12.2 Å². The molecular weight excluding hydrogens is 516 g/mol. The number of carbonyl (C=O) groups excluding carboxylic acids is 1. The number of rotatable bonds is 7. The third-order valence-electron chi connectivity index (χ3n) is 5.60. The topological polar surface area (TPSA) is 138 Å². The van der Waals surface area contributed by atoms with Crippen LogP contribution >= 0.6 is 11.3 Å². The van der Waals surface area contributed by atoms with Crippen LogP contribution in [0.25, 0.3) is 0 Å². The highest BCUT2D eigenvalue weighted by atomic mass is 32.2. The van der Waals surface area contributed by atoms with E-state index in [9.17, 15) is 23.1 Å². The predicted octanol–water partition coefficient (Wildman–Crippen LogP) is 4.73. The van der Waals surface area contributed by atoms with Crippen molar-refractivity contribution >= 4 is 39.2 Å². The Bertz CT molecular complexity index is 1280. The van der Waals surface area contributed by atoms with Gasteiger partial charge in [0.1, 0.15) is 0 Å². The lowest BCUT2D eigenvalue weighted by Crippen LogP contribution is -2.41. The number of amides is 2. The highest BCUT2D eigenvalue weighted by Crippen LogP contribution is 2.37. The van der Waals surface area contributed by atoms with Crippen LogP contribution in [0.15, 0.2) is 23.1 Å². The minimum atomic E-state index is -3.93. The first-order valence-corrected chi connectivity index (χ1v) is 14.4. The molecule has 0 saturated heterocycles. The number of carbonyl (C=O) groups is 2. The zero-order valence-electron chi connectivity index (χ0n) is 22.3. The SMILES string of the molecule is CC(C)OC(=O)Nc1ccc(CC(C)(C)c2nc3c(s2)CN(C(=O)O)CC3)c(S(=O)(=O)NC(C)(C)C)c1. The molecule has 2 heterocycles. The van der Waals surface area contributed by atoms with Crippen molar-refractivity contribution in [3.8, 4) is 0 Å². The summed E-state index contributed by atoms with van der Waals surface area (Å²) in [5.74, 6) is 0. The Morgan fingerprint density at radius 3 is 2.49 bits per heavy atom. The van der Waals surface area contributed by atoms with Crippen molar-refractivity contribution in [1.82, 2.24) is 14.6 Å². The number of carboxylic acid groups (broad SMARTS) is 1. The molecule has 3 N–H and O–H groups in total. The summed E-state index contributed by atoms with van der Waals surface area (Å²) in [6.07, 6.45) is -1.03. The maximum absolute atomic E-state index is 13.4. The Kier molecular flexibility index (Phi) is 8.25. The lowest BCUT2D eigenvalue weighted by Gasteiger charge is -2.26. The summed E-state index contributed by atoms with van der Waals surface area (Å²) < 4.78 is 34.7. The monoisotopic (exact) mass is 552 g/mol. The van der Waals surface area contributed by atoms with Gasteiger partial charge in [0.05, 0.1) is 28.2 Å². The maximum atomic E-state index is 13.4. The number of ether oxygens (including phenoxy) is 1. The summed E-state index contributed by atoms with van der Waals surface area (Å²) in [7, 11) is -3.93. The number of hydrogen-bond acceptors (Lipinski definition) is 7. The average molecular weight is 553 g/mol. The molecule has 1 aliphatic heterocycles. The summed E-state index contributed by atoms with van der Waals surface area (Å²) in [6, 6.07) is 4.79. The van der Waals surface area contributed by atoms with Crippen LogP contribution in [0.1, 0.15) is 69.6 Å². The number of thiazole rings is 1. The molecule has 204 valence electrons. The van der Waals surface area contributed by atoms with E-state index in [2.05, 4.69) is 10.0 Å². The van der Waals surface area contributed by atoms with E-state index in [-0.39, 0.29) is 11.0 Å². The van der Waals surface area contributed by atoms with Crippen molar-refractivity contribution in [2.45, 2.75) is 89.8 Å². The molecule has 0 atom stereocenters. The Morgan fingerprint density at radius 1 is 1.22 bits per heavy atom. The van der Waals surface area contributed by atoms with Crippen molar-refractivity contribution in [3.05, 3.63) is 39.3 Å². The minimum absolute atomic E-state index is 0.0659. The van der Waals surface area contributed by atoms with Gasteiger partial charge in [-0.25, -0.2) is 27.7 Å². The first-order valence-electron chi connectivity index (χ1n) is 12.1. The normalized spacial score (nSPS) is 14.4. The van der Waals surface area contributed by atoms with Crippen LogP contribution in [0.3, 0.4) is 0 Å². The third-order valence-corrected chi connectivity index (χ3v) is 8.89. The number of nitrogens with zero attached hydrogens (tertiary/aromatic N) is 2. The summed E-state index contributed by atoms with van der Waals surface area (Å²) >= 11 is 1.47. The van der Waals surface area contributed by atoms with Crippen LogP contribution < -0.4 is 10.0 Å². The molecule has 0 bridgehead atoms. The molecule has 0 spiro atoms. The van der Waals surface area contributed by atoms with Crippen LogP contribution in [0, 0.1) is 0 Å². The van der Waals surface area contributed by atoms with Gasteiger partial charge in [0.15, 0.2) is 0 Å². The van der Waals surface area contributed by atoms with Gasteiger partial charge < -0.3 is 14.7 Å². The molecule has 0 unspecified atom stereocenters. The smallest absolute Gasteiger partial charge is 0.411 e. The Balaban J connectivity index is 1.96. The second kappa shape index (κ2) is 10.6. The van der Waals surface area contributed by atoms with Gasteiger partial charge in [-0.3, -0.25) is 5.32 Å². The van der Waals surface area contributed by atoms with Gasteiger partial charge in [0.25, 0.3) is 0 Å². The van der Waals surface area contributed by atoms with E-state index in [1.807, 2.05) is 13.8 Å². The van der Waals surface area contributed by atoms with Gasteiger partial charge in [-0.2, -0.15) is 0 Å². The molecule has 12 heteroatoms. The van der Waals surface area contributed by atoms with Crippen molar-refractivity contribution in [2.75, 3.05) is 11.9 Å². The summed E-state index contributed by atoms with van der Waals surface area (Å²) in [5, 5.41) is 12.8. The molecular formula is C25H36N4O6S2. The molecule has 0 saturated carbocycles. The number of anilines is 1. The number of nitrogens with one attached hydrogen (secondary N) is 2. The van der Waals surface area contributed by atoms with Crippen molar-refractivity contribution in [1.29, 1.82) is 0 Å². The Hall–Kier alpha value is -2.70. The summed E-state index contributed by atoms with van der Waals surface area (Å²) in [4.78, 5) is 30.7. The number of benzene rings is 1. The fourth-order valence-corrected chi connectivity index (χ4v) is 6.96. The summed E-state index contributed by atoms with van der Waals surface area (Å²) in [5.41, 5.74) is 0.532. The first kappa shape index (κ1) is 28.9. The fraction of sp³-hybridized carbons (Fsp3) is 0.560. The van der Waals surface area contributed by atoms with E-state index in [1.54, 1.807) is 46.8 Å². The quantitative estimate of drug-likeness (QED) is 0.451. The molecule has 1 aromatic heterocycles. The molecule has 2 amide bonds. The van der Waals surface area contributed by atoms with Crippen LogP contribution in [-0.4, -0.2) is 53.8 Å². The van der Waals surface area contributed by atoms with Gasteiger partial charge in [-0.15, -0.1) is 11.3 Å². The van der Waals surface area contributed by atoms with Gasteiger partial charge in [0, 0.05) is 34.5 Å². The fourth-order valence-electron chi connectivity index (χ4n) is 4.05. The maximum Gasteiger partial charge on any atom is 0.411 e. The number of fused-ring (bicyclic) bond motifs is 1. The molecule has 10 nitrogen and oxygen atoms in total. The van der Waals surface area contributed by atoms with Crippen LogP contribution in [0.2, 0.25) is 0 Å². The largest absolute Gasteiger partial charge is 0.465 e. The molecule has 2 aromatic rings. The molecule has 1 aromatic carbocycles. The molecule has 0 fully saturated rings. The van der Waals surface area contributed by atoms with E-state index in [0.29, 0.717) is 37.2 Å². The molecule has 37 heavy (non-hydrogen) atoms. The zero-order valence-corrected chi connectivity index (χ0v) is 24.0. The first-order chi connectivity index (χ1) is 17.0. The van der Waals surface area contributed by atoms with Gasteiger partial charge in [0.2, 0.25) is 10.0 Å². The number of aromatic nitrogens is 1. The molecule has 3 rings (SSSR count). The van der Waals surface area contributed by atoms with E-state index >= 15 is 0 Å². The minimum Gasteiger partial charge on any atom is -0.465 e. The number of sulfonamides is 1. The highest BCUT2D eigenvalue weighted by molar-refractivity contribution is 7.89. The van der Waals surface area contributed by atoms with Crippen LogP contribution in [-0.2, 0) is 39.6 Å².